The van der Waals surface area contributed by atoms with Gasteiger partial charge in [-0.3, -0.25) is 9.59 Å². The number of nitrogens with one attached hydrogen (secondary N) is 1. The Morgan fingerprint density at radius 2 is 2.18 bits per heavy atom. The van der Waals surface area contributed by atoms with Crippen LogP contribution in [-0.2, 0) is 16.1 Å². The number of amides is 2. The van der Waals surface area contributed by atoms with Crippen LogP contribution in [0.3, 0.4) is 0 Å². The zero-order valence-electron chi connectivity index (χ0n) is 12.5. The molecule has 0 bridgehead atoms. The molecule has 2 amide bonds. The molecular formula is C16H20N2O4. The zero-order valence-corrected chi connectivity index (χ0v) is 12.5. The summed E-state index contributed by atoms with van der Waals surface area (Å²) in [5.41, 5.74) is 1.27. The summed E-state index contributed by atoms with van der Waals surface area (Å²) in [5.74, 6) is -1.33. The first-order chi connectivity index (χ1) is 10.5. The summed E-state index contributed by atoms with van der Waals surface area (Å²) in [4.78, 5) is 36.5. The fraction of sp³-hybridized carbons (Fsp3) is 0.438. The molecule has 1 saturated heterocycles. The third-order valence-electron chi connectivity index (χ3n) is 3.75. The lowest BCUT2D eigenvalue weighted by Crippen LogP contribution is -2.40. The summed E-state index contributed by atoms with van der Waals surface area (Å²) in [6.45, 7) is 2.93. The number of carboxylic acid groups (broad SMARTS) is 1. The van der Waals surface area contributed by atoms with Crippen molar-refractivity contribution in [2.75, 3.05) is 6.54 Å². The lowest BCUT2D eigenvalue weighted by molar-refractivity contribution is -0.139. The molecule has 0 aromatic heterocycles. The molecule has 0 unspecified atom stereocenters. The van der Waals surface area contributed by atoms with E-state index >= 15 is 0 Å². The number of carbonyl (C=O) groups is 3. The molecule has 1 fully saturated rings. The Hall–Kier alpha value is -2.37. The number of aliphatic carboxylic acids is 1. The number of hydrogen-bond donors (Lipinski definition) is 2. The van der Waals surface area contributed by atoms with Gasteiger partial charge in [0.2, 0.25) is 5.91 Å². The first kappa shape index (κ1) is 16.0. The molecule has 118 valence electrons. The molecule has 1 aliphatic rings. The molecule has 1 heterocycles. The first-order valence-corrected chi connectivity index (χ1v) is 7.41. The maximum atomic E-state index is 12.1. The quantitative estimate of drug-likeness (QED) is 0.831. The van der Waals surface area contributed by atoms with E-state index in [0.29, 0.717) is 24.9 Å². The summed E-state index contributed by atoms with van der Waals surface area (Å²) in [6, 6.07) is 6.05. The topological polar surface area (TPSA) is 86.7 Å². The van der Waals surface area contributed by atoms with E-state index in [1.54, 1.807) is 30.0 Å². The normalized spacial score (nSPS) is 15.7. The second-order valence-electron chi connectivity index (χ2n) is 5.39. The third-order valence-corrected chi connectivity index (χ3v) is 3.75. The van der Waals surface area contributed by atoms with Gasteiger partial charge >= 0.3 is 5.97 Å². The Morgan fingerprint density at radius 3 is 2.77 bits per heavy atom. The van der Waals surface area contributed by atoms with Gasteiger partial charge in [-0.1, -0.05) is 19.1 Å². The number of carbonyl (C=O) groups excluding carboxylic acids is 2. The Morgan fingerprint density at radius 1 is 1.41 bits per heavy atom. The number of nitrogens with zero attached hydrogens (tertiary/aromatic N) is 1. The van der Waals surface area contributed by atoms with Crippen LogP contribution >= 0.6 is 0 Å². The summed E-state index contributed by atoms with van der Waals surface area (Å²) >= 11 is 0. The van der Waals surface area contributed by atoms with E-state index < -0.39 is 17.9 Å². The highest BCUT2D eigenvalue weighted by molar-refractivity contribution is 5.96. The lowest BCUT2D eigenvalue weighted by atomic mass is 10.1. The largest absolute Gasteiger partial charge is 0.480 e. The smallest absolute Gasteiger partial charge is 0.326 e. The van der Waals surface area contributed by atoms with E-state index in [2.05, 4.69) is 5.32 Å². The minimum atomic E-state index is -1.05. The van der Waals surface area contributed by atoms with Gasteiger partial charge in [0, 0.05) is 25.1 Å². The lowest BCUT2D eigenvalue weighted by Gasteiger charge is -2.16. The van der Waals surface area contributed by atoms with Crippen LogP contribution in [0.1, 0.15) is 42.1 Å². The molecule has 0 saturated carbocycles. The summed E-state index contributed by atoms with van der Waals surface area (Å²) in [7, 11) is 0. The minimum Gasteiger partial charge on any atom is -0.480 e. The van der Waals surface area contributed by atoms with Gasteiger partial charge in [0.1, 0.15) is 6.04 Å². The molecule has 6 heteroatoms. The molecule has 6 nitrogen and oxygen atoms in total. The molecule has 2 N–H and O–H groups in total. The number of carboxylic acids is 1. The van der Waals surface area contributed by atoms with E-state index in [1.165, 1.54) is 0 Å². The molecule has 1 aromatic carbocycles. The number of likely N-dealkylation sites (tertiary alicyclic amines) is 1. The van der Waals surface area contributed by atoms with Crippen LogP contribution < -0.4 is 5.32 Å². The highest BCUT2D eigenvalue weighted by Crippen LogP contribution is 2.15. The fourth-order valence-corrected chi connectivity index (χ4v) is 2.48. The Labute approximate surface area is 129 Å². The van der Waals surface area contributed by atoms with Crippen LogP contribution in [0.25, 0.3) is 0 Å². The molecular weight excluding hydrogens is 284 g/mol. The van der Waals surface area contributed by atoms with Crippen LogP contribution in [0.2, 0.25) is 0 Å². The number of hydrogen-bond acceptors (Lipinski definition) is 3. The average Bonchev–Trinajstić information content (AvgIpc) is 2.89. The van der Waals surface area contributed by atoms with Crippen molar-refractivity contribution < 1.29 is 19.5 Å². The van der Waals surface area contributed by atoms with Gasteiger partial charge in [-0.05, 0) is 30.5 Å². The highest BCUT2D eigenvalue weighted by Gasteiger charge is 2.21. The van der Waals surface area contributed by atoms with Gasteiger partial charge in [0.15, 0.2) is 0 Å². The van der Waals surface area contributed by atoms with Crippen molar-refractivity contribution in [1.29, 1.82) is 0 Å². The van der Waals surface area contributed by atoms with Crippen molar-refractivity contribution in [3.63, 3.8) is 0 Å². The summed E-state index contributed by atoms with van der Waals surface area (Å²) in [5, 5.41) is 11.5. The SMILES string of the molecule is CC[C@H](NC(=O)c1cccc(CN2CCCC2=O)c1)C(=O)O. The van der Waals surface area contributed by atoms with Gasteiger partial charge in [0.05, 0.1) is 0 Å². The van der Waals surface area contributed by atoms with Crippen LogP contribution in [0.5, 0.6) is 0 Å². The van der Waals surface area contributed by atoms with Crippen molar-refractivity contribution in [2.45, 2.75) is 38.8 Å². The maximum absolute atomic E-state index is 12.1. The van der Waals surface area contributed by atoms with Crippen molar-refractivity contribution >= 4 is 17.8 Å². The van der Waals surface area contributed by atoms with E-state index in [4.69, 9.17) is 5.11 Å². The van der Waals surface area contributed by atoms with Gasteiger partial charge < -0.3 is 15.3 Å². The van der Waals surface area contributed by atoms with E-state index in [9.17, 15) is 14.4 Å². The maximum Gasteiger partial charge on any atom is 0.326 e. The molecule has 1 atom stereocenters. The molecule has 0 spiro atoms. The van der Waals surface area contributed by atoms with E-state index in [-0.39, 0.29) is 5.91 Å². The van der Waals surface area contributed by atoms with Crippen LogP contribution in [-0.4, -0.2) is 40.4 Å². The van der Waals surface area contributed by atoms with Crippen LogP contribution in [0, 0.1) is 0 Å². The second kappa shape index (κ2) is 7.06. The second-order valence-corrected chi connectivity index (χ2v) is 5.39. The Bertz CT molecular complexity index is 585. The van der Waals surface area contributed by atoms with Crippen molar-refractivity contribution in [3.05, 3.63) is 35.4 Å². The third kappa shape index (κ3) is 3.84. The van der Waals surface area contributed by atoms with E-state index in [1.807, 2.05) is 6.07 Å². The zero-order chi connectivity index (χ0) is 16.1. The molecule has 1 aromatic rings. The van der Waals surface area contributed by atoms with Gasteiger partial charge in [0.25, 0.3) is 5.91 Å². The van der Waals surface area contributed by atoms with Crippen molar-refractivity contribution in [2.24, 2.45) is 0 Å². The van der Waals surface area contributed by atoms with Crippen molar-refractivity contribution in [1.82, 2.24) is 10.2 Å². The molecule has 0 radical (unpaired) electrons. The molecule has 1 aliphatic heterocycles. The monoisotopic (exact) mass is 304 g/mol. The number of rotatable bonds is 6. The Balaban J connectivity index is 2.05. The molecule has 0 aliphatic carbocycles. The molecule has 22 heavy (non-hydrogen) atoms. The standard InChI is InChI=1S/C16H20N2O4/c1-2-13(16(21)22)17-15(20)12-6-3-5-11(9-12)10-18-8-4-7-14(18)19/h3,5-6,9,13H,2,4,7-8,10H2,1H3,(H,17,20)(H,21,22)/t13-/m0/s1. The fourth-order valence-electron chi connectivity index (χ4n) is 2.48. The van der Waals surface area contributed by atoms with Gasteiger partial charge in [-0.15, -0.1) is 0 Å². The number of benzene rings is 1. The van der Waals surface area contributed by atoms with Crippen molar-refractivity contribution in [3.8, 4) is 0 Å². The average molecular weight is 304 g/mol. The molecule has 2 rings (SSSR count). The summed E-state index contributed by atoms with van der Waals surface area (Å²) in [6.07, 6.45) is 1.77. The minimum absolute atomic E-state index is 0.131. The summed E-state index contributed by atoms with van der Waals surface area (Å²) < 4.78 is 0. The van der Waals surface area contributed by atoms with E-state index in [0.717, 1.165) is 18.5 Å². The van der Waals surface area contributed by atoms with Gasteiger partial charge in [-0.25, -0.2) is 4.79 Å². The van der Waals surface area contributed by atoms with Gasteiger partial charge in [-0.2, -0.15) is 0 Å². The first-order valence-electron chi connectivity index (χ1n) is 7.41. The Kier molecular flexibility index (Phi) is 5.14. The predicted octanol–water partition coefficient (Wildman–Crippen LogP) is 1.40. The van der Waals surface area contributed by atoms with Crippen LogP contribution in [0.15, 0.2) is 24.3 Å². The van der Waals surface area contributed by atoms with Crippen LogP contribution in [0.4, 0.5) is 0 Å². The highest BCUT2D eigenvalue weighted by atomic mass is 16.4. The predicted molar refractivity (Wildman–Crippen MR) is 80.3 cm³/mol.